The van der Waals surface area contributed by atoms with Gasteiger partial charge in [0.05, 0.1) is 6.61 Å². The summed E-state index contributed by atoms with van der Waals surface area (Å²) < 4.78 is 11.2. The lowest BCUT2D eigenvalue weighted by Gasteiger charge is -2.17. The van der Waals surface area contributed by atoms with Crippen molar-refractivity contribution in [1.29, 1.82) is 0 Å². The van der Waals surface area contributed by atoms with Crippen LogP contribution in [-0.4, -0.2) is 18.6 Å². The maximum Gasteiger partial charge on any atom is 0.261 e. The van der Waals surface area contributed by atoms with Gasteiger partial charge >= 0.3 is 0 Å². The number of benzene rings is 2. The minimum atomic E-state index is -0.541. The predicted molar refractivity (Wildman–Crippen MR) is 95.6 cm³/mol. The van der Waals surface area contributed by atoms with Crippen LogP contribution in [0, 0.1) is 0 Å². The molecule has 5 heteroatoms. The largest absolute Gasteiger partial charge is 0.494 e. The van der Waals surface area contributed by atoms with Crippen LogP contribution in [0.4, 0.5) is 0 Å². The van der Waals surface area contributed by atoms with Crippen LogP contribution in [0.1, 0.15) is 25.8 Å². The summed E-state index contributed by atoms with van der Waals surface area (Å²) in [5, 5.41) is 3.54. The summed E-state index contributed by atoms with van der Waals surface area (Å²) >= 11 is 5.85. The Kier molecular flexibility index (Phi) is 6.94. The Morgan fingerprint density at radius 1 is 1.12 bits per heavy atom. The van der Waals surface area contributed by atoms with E-state index in [1.165, 1.54) is 0 Å². The standard InChI is InChI=1S/C19H22ClNO3/c1-3-18(24-16-10-8-15(20)9-11-16)19(22)21-13-14-6-5-7-17(12-14)23-4-2/h5-12,18H,3-4,13H2,1-2H3,(H,21,22)/t18-/m0/s1. The Balaban J connectivity index is 1.91. The number of carbonyl (C=O) groups excluding carboxylic acids is 1. The van der Waals surface area contributed by atoms with Gasteiger partial charge in [-0.15, -0.1) is 0 Å². The fourth-order valence-electron chi connectivity index (χ4n) is 2.21. The molecule has 128 valence electrons. The monoisotopic (exact) mass is 347 g/mol. The third-order valence-electron chi connectivity index (χ3n) is 3.43. The van der Waals surface area contributed by atoms with Crippen LogP contribution in [0.25, 0.3) is 0 Å². The van der Waals surface area contributed by atoms with Gasteiger partial charge in [0.1, 0.15) is 11.5 Å². The van der Waals surface area contributed by atoms with Crippen LogP contribution in [-0.2, 0) is 11.3 Å². The van der Waals surface area contributed by atoms with E-state index < -0.39 is 6.10 Å². The quantitative estimate of drug-likeness (QED) is 0.778. The van der Waals surface area contributed by atoms with Crippen LogP contribution in [0.2, 0.25) is 5.02 Å². The van der Waals surface area contributed by atoms with Crippen LogP contribution in [0.5, 0.6) is 11.5 Å². The molecule has 1 N–H and O–H groups in total. The van der Waals surface area contributed by atoms with Crippen LogP contribution < -0.4 is 14.8 Å². The maximum absolute atomic E-state index is 12.3. The van der Waals surface area contributed by atoms with E-state index in [2.05, 4.69) is 5.32 Å². The van der Waals surface area contributed by atoms with Crippen molar-refractivity contribution in [2.45, 2.75) is 32.9 Å². The first-order chi connectivity index (χ1) is 11.6. The van der Waals surface area contributed by atoms with Crippen molar-refractivity contribution >= 4 is 17.5 Å². The van der Waals surface area contributed by atoms with Crippen molar-refractivity contribution in [3.05, 3.63) is 59.1 Å². The van der Waals surface area contributed by atoms with Gasteiger partial charge in [0.15, 0.2) is 6.10 Å². The molecule has 0 bridgehead atoms. The molecule has 0 aromatic heterocycles. The van der Waals surface area contributed by atoms with Gasteiger partial charge in [-0.05, 0) is 55.3 Å². The molecule has 0 radical (unpaired) electrons. The second kappa shape index (κ2) is 9.18. The minimum Gasteiger partial charge on any atom is -0.494 e. The Labute approximate surface area is 147 Å². The van der Waals surface area contributed by atoms with Gasteiger partial charge in [-0.25, -0.2) is 0 Å². The molecule has 2 aromatic carbocycles. The summed E-state index contributed by atoms with van der Waals surface area (Å²) in [6.07, 6.45) is 0.0363. The average Bonchev–Trinajstić information content (AvgIpc) is 2.60. The summed E-state index contributed by atoms with van der Waals surface area (Å²) in [6.45, 7) is 4.90. The smallest absolute Gasteiger partial charge is 0.261 e. The molecule has 0 fully saturated rings. The van der Waals surface area contributed by atoms with Crippen molar-refractivity contribution in [3.8, 4) is 11.5 Å². The molecule has 0 aliphatic heterocycles. The van der Waals surface area contributed by atoms with E-state index in [-0.39, 0.29) is 5.91 Å². The molecule has 0 saturated carbocycles. The van der Waals surface area contributed by atoms with E-state index in [9.17, 15) is 4.79 Å². The Morgan fingerprint density at radius 2 is 1.88 bits per heavy atom. The first kappa shape index (κ1) is 18.1. The lowest BCUT2D eigenvalue weighted by atomic mass is 10.2. The molecule has 4 nitrogen and oxygen atoms in total. The fraction of sp³-hybridized carbons (Fsp3) is 0.316. The lowest BCUT2D eigenvalue weighted by molar-refractivity contribution is -0.128. The first-order valence-corrected chi connectivity index (χ1v) is 8.41. The Hall–Kier alpha value is -2.20. The average molecular weight is 348 g/mol. The van der Waals surface area contributed by atoms with E-state index in [1.807, 2.05) is 38.1 Å². The van der Waals surface area contributed by atoms with Crippen molar-refractivity contribution in [2.75, 3.05) is 6.61 Å². The van der Waals surface area contributed by atoms with Crippen LogP contribution in [0.15, 0.2) is 48.5 Å². The van der Waals surface area contributed by atoms with E-state index >= 15 is 0 Å². The van der Waals surface area contributed by atoms with Gasteiger partial charge in [0, 0.05) is 11.6 Å². The van der Waals surface area contributed by atoms with Gasteiger partial charge in [-0.3, -0.25) is 4.79 Å². The number of amides is 1. The van der Waals surface area contributed by atoms with Crippen molar-refractivity contribution in [3.63, 3.8) is 0 Å². The highest BCUT2D eigenvalue weighted by Gasteiger charge is 2.18. The molecule has 0 aliphatic rings. The molecule has 1 atom stereocenters. The highest BCUT2D eigenvalue weighted by Crippen LogP contribution is 2.18. The van der Waals surface area contributed by atoms with Crippen molar-refractivity contribution in [2.24, 2.45) is 0 Å². The minimum absolute atomic E-state index is 0.144. The van der Waals surface area contributed by atoms with Crippen LogP contribution in [0.3, 0.4) is 0 Å². The van der Waals surface area contributed by atoms with Crippen molar-refractivity contribution < 1.29 is 14.3 Å². The summed E-state index contributed by atoms with van der Waals surface area (Å²) in [6, 6.07) is 14.7. The molecular formula is C19H22ClNO3. The predicted octanol–water partition coefficient (Wildman–Crippen LogP) is 4.21. The van der Waals surface area contributed by atoms with Crippen molar-refractivity contribution in [1.82, 2.24) is 5.32 Å². The van der Waals surface area contributed by atoms with E-state index in [4.69, 9.17) is 21.1 Å². The Bertz CT molecular complexity index is 658. The van der Waals surface area contributed by atoms with Gasteiger partial charge in [0.2, 0.25) is 0 Å². The zero-order chi connectivity index (χ0) is 17.4. The molecule has 0 spiro atoms. The second-order valence-corrected chi connectivity index (χ2v) is 5.70. The highest BCUT2D eigenvalue weighted by atomic mass is 35.5. The molecule has 0 saturated heterocycles. The molecule has 0 unspecified atom stereocenters. The zero-order valence-corrected chi connectivity index (χ0v) is 14.7. The third-order valence-corrected chi connectivity index (χ3v) is 3.68. The van der Waals surface area contributed by atoms with Gasteiger partial charge in [-0.1, -0.05) is 30.7 Å². The number of nitrogens with one attached hydrogen (secondary N) is 1. The van der Waals surface area contributed by atoms with Gasteiger partial charge in [0.25, 0.3) is 5.91 Å². The number of halogens is 1. The number of ether oxygens (including phenoxy) is 2. The molecule has 0 aliphatic carbocycles. The second-order valence-electron chi connectivity index (χ2n) is 5.27. The summed E-state index contributed by atoms with van der Waals surface area (Å²) in [5.41, 5.74) is 0.982. The van der Waals surface area contributed by atoms with Gasteiger partial charge < -0.3 is 14.8 Å². The Morgan fingerprint density at radius 3 is 2.54 bits per heavy atom. The normalized spacial score (nSPS) is 11.6. The zero-order valence-electron chi connectivity index (χ0n) is 13.9. The molecule has 0 heterocycles. The number of hydrogen-bond acceptors (Lipinski definition) is 3. The highest BCUT2D eigenvalue weighted by molar-refractivity contribution is 6.30. The number of carbonyl (C=O) groups is 1. The first-order valence-electron chi connectivity index (χ1n) is 8.04. The van der Waals surface area contributed by atoms with E-state index in [0.29, 0.717) is 30.3 Å². The SMILES string of the molecule is CCOc1cccc(CNC(=O)[C@H](CC)Oc2ccc(Cl)cc2)c1. The summed E-state index contributed by atoms with van der Waals surface area (Å²) in [4.78, 5) is 12.3. The third kappa shape index (κ3) is 5.46. The van der Waals surface area contributed by atoms with E-state index in [1.54, 1.807) is 24.3 Å². The van der Waals surface area contributed by atoms with E-state index in [0.717, 1.165) is 11.3 Å². The summed E-state index contributed by atoms with van der Waals surface area (Å²) in [7, 11) is 0. The maximum atomic E-state index is 12.3. The fourth-order valence-corrected chi connectivity index (χ4v) is 2.34. The van der Waals surface area contributed by atoms with Gasteiger partial charge in [-0.2, -0.15) is 0 Å². The summed E-state index contributed by atoms with van der Waals surface area (Å²) in [5.74, 6) is 1.28. The lowest BCUT2D eigenvalue weighted by Crippen LogP contribution is -2.37. The molecule has 1 amide bonds. The number of hydrogen-bond donors (Lipinski definition) is 1. The number of rotatable bonds is 8. The van der Waals surface area contributed by atoms with Crippen LogP contribution >= 0.6 is 11.6 Å². The molecule has 2 rings (SSSR count). The molecule has 24 heavy (non-hydrogen) atoms. The topological polar surface area (TPSA) is 47.6 Å². The molecular weight excluding hydrogens is 326 g/mol. The molecule has 2 aromatic rings.